The van der Waals surface area contributed by atoms with Crippen LogP contribution in [-0.2, 0) is 20.6 Å². The number of aromatic amines is 2. The van der Waals surface area contributed by atoms with Crippen LogP contribution >= 0.6 is 24.4 Å². The Morgan fingerprint density at radius 3 is 1.96 bits per heavy atom. The second-order valence-corrected chi connectivity index (χ2v) is 5.57. The van der Waals surface area contributed by atoms with Crippen LogP contribution in [0.2, 0.25) is 0 Å². The van der Waals surface area contributed by atoms with Crippen molar-refractivity contribution in [1.29, 1.82) is 0 Å². The Morgan fingerprint density at radius 2 is 1.68 bits per heavy atom. The molecule has 0 spiro atoms. The highest BCUT2D eigenvalue weighted by molar-refractivity contribution is 7.71. The van der Waals surface area contributed by atoms with Gasteiger partial charge in [-0.1, -0.05) is 25.7 Å². The molecular formula is C9H20N14S2. The van der Waals surface area contributed by atoms with Gasteiger partial charge in [0, 0.05) is 20.6 Å². The van der Waals surface area contributed by atoms with Gasteiger partial charge in [0.1, 0.15) is 0 Å². The van der Waals surface area contributed by atoms with E-state index in [1.807, 2.05) is 14.1 Å². The lowest BCUT2D eigenvalue weighted by Gasteiger charge is -2.07. The predicted molar refractivity (Wildman–Crippen MR) is 93.2 cm³/mol. The number of nitrogens with two attached hydrogens (primary N) is 1. The molecule has 25 heavy (non-hydrogen) atoms. The third-order valence-corrected chi connectivity index (χ3v) is 3.23. The summed E-state index contributed by atoms with van der Waals surface area (Å²) in [5.74, 6) is 0.333. The molecule has 0 aromatic carbocycles. The number of hydrogen-bond acceptors (Lipinski definition) is 11. The standard InChI is InChI=1S/C5H11N5S.C2H5N5.C2H4N4S/c1-9(2)3-4-10-5(11)6-7-8-10;1-7-2(3)4-5-6-7;1-6-2(7)3-4-5-6/h3-4H2,1-2H3,(H,6,8,11);1H3,(H2,3,4,6);1H3,(H,3,5,7). The molecule has 0 aliphatic carbocycles. The van der Waals surface area contributed by atoms with Crippen molar-refractivity contribution in [2.75, 3.05) is 26.4 Å². The average Bonchev–Trinajstić information content (AvgIpc) is 3.24. The Bertz CT molecular complexity index is 820. The van der Waals surface area contributed by atoms with Crippen molar-refractivity contribution in [2.24, 2.45) is 14.1 Å². The van der Waals surface area contributed by atoms with Gasteiger partial charge in [-0.15, -0.1) is 0 Å². The van der Waals surface area contributed by atoms with Crippen molar-refractivity contribution in [3.8, 4) is 0 Å². The summed E-state index contributed by atoms with van der Waals surface area (Å²) in [4.78, 5) is 2.07. The lowest BCUT2D eigenvalue weighted by molar-refractivity contribution is 0.369. The van der Waals surface area contributed by atoms with Gasteiger partial charge in [-0.3, -0.25) is 0 Å². The zero-order chi connectivity index (χ0) is 18.8. The van der Waals surface area contributed by atoms with Crippen LogP contribution in [0.1, 0.15) is 0 Å². The molecule has 16 heteroatoms. The summed E-state index contributed by atoms with van der Waals surface area (Å²) in [6.45, 7) is 1.73. The second-order valence-electron chi connectivity index (χ2n) is 4.84. The summed E-state index contributed by atoms with van der Waals surface area (Å²) >= 11 is 9.52. The molecule has 0 saturated heterocycles. The molecule has 3 aromatic rings. The summed E-state index contributed by atoms with van der Waals surface area (Å²) in [5.41, 5.74) is 5.17. The van der Waals surface area contributed by atoms with Gasteiger partial charge in [-0.05, 0) is 49.0 Å². The van der Waals surface area contributed by atoms with Gasteiger partial charge in [0.25, 0.3) is 0 Å². The third kappa shape index (κ3) is 7.68. The lowest BCUT2D eigenvalue weighted by Crippen LogP contribution is -2.19. The predicted octanol–water partition coefficient (Wildman–Crippen LogP) is -1.44. The molecule has 0 saturated carbocycles. The van der Waals surface area contributed by atoms with Gasteiger partial charge < -0.3 is 10.6 Å². The minimum Gasteiger partial charge on any atom is -0.367 e. The molecule has 3 heterocycles. The fraction of sp³-hybridized carbons (Fsp3) is 0.667. The maximum absolute atomic E-state index is 5.17. The number of anilines is 1. The van der Waals surface area contributed by atoms with Crippen LogP contribution in [0.3, 0.4) is 0 Å². The van der Waals surface area contributed by atoms with Gasteiger partial charge in [-0.25, -0.2) is 14.0 Å². The molecular weight excluding hydrogens is 368 g/mol. The van der Waals surface area contributed by atoms with Crippen LogP contribution in [0.5, 0.6) is 0 Å². The first-order valence-electron chi connectivity index (χ1n) is 6.85. The van der Waals surface area contributed by atoms with Crippen molar-refractivity contribution < 1.29 is 0 Å². The van der Waals surface area contributed by atoms with Gasteiger partial charge in [-0.2, -0.15) is 10.4 Å². The first kappa shape index (κ1) is 20.5. The first-order chi connectivity index (χ1) is 11.8. The molecule has 0 atom stereocenters. The van der Waals surface area contributed by atoms with Crippen LogP contribution in [0.4, 0.5) is 5.95 Å². The van der Waals surface area contributed by atoms with Crippen molar-refractivity contribution in [2.45, 2.75) is 6.54 Å². The third-order valence-electron chi connectivity index (χ3n) is 2.57. The molecule has 0 aliphatic heterocycles. The number of nitrogen functional groups attached to an aromatic ring is 1. The van der Waals surface area contributed by atoms with E-state index < -0.39 is 0 Å². The maximum atomic E-state index is 5.17. The van der Waals surface area contributed by atoms with E-state index in [0.29, 0.717) is 15.5 Å². The van der Waals surface area contributed by atoms with Crippen LogP contribution in [0, 0.1) is 9.54 Å². The molecule has 0 aliphatic rings. The molecule has 0 fully saturated rings. The number of likely N-dealkylation sites (N-methyl/N-ethyl adjacent to an activating group) is 1. The minimum atomic E-state index is 0.333. The van der Waals surface area contributed by atoms with Gasteiger partial charge in [0.2, 0.25) is 15.5 Å². The van der Waals surface area contributed by atoms with Gasteiger partial charge >= 0.3 is 0 Å². The fourth-order valence-corrected chi connectivity index (χ4v) is 1.39. The van der Waals surface area contributed by atoms with Crippen molar-refractivity contribution in [3.05, 3.63) is 9.54 Å². The van der Waals surface area contributed by atoms with E-state index in [-0.39, 0.29) is 0 Å². The van der Waals surface area contributed by atoms with Crippen molar-refractivity contribution >= 4 is 30.4 Å². The molecule has 0 radical (unpaired) electrons. The summed E-state index contributed by atoms with van der Waals surface area (Å²) in [6, 6.07) is 0. The molecule has 0 unspecified atom stereocenters. The number of nitrogens with zero attached hydrogens (tertiary/aromatic N) is 11. The Hall–Kier alpha value is -2.59. The molecule has 0 amide bonds. The summed E-state index contributed by atoms with van der Waals surface area (Å²) < 4.78 is 5.65. The van der Waals surface area contributed by atoms with E-state index in [4.69, 9.17) is 18.0 Å². The Labute approximate surface area is 153 Å². The topological polar surface area (TPSA) is 166 Å². The monoisotopic (exact) mass is 388 g/mol. The highest BCUT2D eigenvalue weighted by atomic mass is 32.1. The number of H-pyrrole nitrogens is 2. The van der Waals surface area contributed by atoms with Crippen molar-refractivity contribution in [1.82, 2.24) is 65.5 Å². The molecule has 3 aromatic heterocycles. The quantitative estimate of drug-likeness (QED) is 0.450. The first-order valence-corrected chi connectivity index (χ1v) is 7.67. The zero-order valence-electron chi connectivity index (χ0n) is 14.2. The van der Waals surface area contributed by atoms with Crippen LogP contribution in [0.25, 0.3) is 0 Å². The van der Waals surface area contributed by atoms with E-state index in [1.54, 1.807) is 23.5 Å². The zero-order valence-corrected chi connectivity index (χ0v) is 15.9. The number of hydrogen-bond donors (Lipinski definition) is 3. The van der Waals surface area contributed by atoms with Crippen LogP contribution < -0.4 is 5.73 Å². The highest BCUT2D eigenvalue weighted by Crippen LogP contribution is 1.84. The average molecular weight is 388 g/mol. The largest absolute Gasteiger partial charge is 0.367 e. The Morgan fingerprint density at radius 1 is 1.04 bits per heavy atom. The summed E-state index contributed by atoms with van der Waals surface area (Å²) in [5, 5.41) is 29.4. The van der Waals surface area contributed by atoms with E-state index in [0.717, 1.165) is 13.1 Å². The smallest absolute Gasteiger partial charge is 0.240 e. The van der Waals surface area contributed by atoms with Crippen LogP contribution in [0.15, 0.2) is 0 Å². The molecule has 14 nitrogen and oxygen atoms in total. The minimum absolute atomic E-state index is 0.333. The van der Waals surface area contributed by atoms with Gasteiger partial charge in [0.15, 0.2) is 0 Å². The molecule has 0 bridgehead atoms. The lowest BCUT2D eigenvalue weighted by atomic mass is 10.6. The second kappa shape index (κ2) is 10.3. The molecule has 3 rings (SSSR count). The van der Waals surface area contributed by atoms with Crippen LogP contribution in [-0.4, -0.2) is 86.2 Å². The molecule has 138 valence electrons. The highest BCUT2D eigenvalue weighted by Gasteiger charge is 1.95. The van der Waals surface area contributed by atoms with E-state index in [2.05, 4.69) is 63.7 Å². The Kier molecular flexibility index (Phi) is 8.44. The van der Waals surface area contributed by atoms with Crippen molar-refractivity contribution in [3.63, 3.8) is 0 Å². The van der Waals surface area contributed by atoms with Gasteiger partial charge in [0.05, 0.1) is 6.54 Å². The SMILES string of the molecule is CN(C)CCn1[nH]nnc1=S.Cn1[nH]nnc1=S.Cn1nnnc1N. The number of aromatic nitrogens is 12. The number of tetrazole rings is 3. The summed E-state index contributed by atoms with van der Waals surface area (Å²) in [6.07, 6.45) is 0. The number of rotatable bonds is 3. The molecule has 4 N–H and O–H groups in total. The number of aryl methyl sites for hydroxylation is 2. The van der Waals surface area contributed by atoms with E-state index >= 15 is 0 Å². The Balaban J connectivity index is 0.000000195. The van der Waals surface area contributed by atoms with E-state index in [9.17, 15) is 0 Å². The summed E-state index contributed by atoms with van der Waals surface area (Å²) in [7, 11) is 7.44. The maximum Gasteiger partial charge on any atom is 0.240 e. The number of nitrogens with one attached hydrogen (secondary N) is 2. The van der Waals surface area contributed by atoms with E-state index in [1.165, 1.54) is 4.68 Å². The fourth-order valence-electron chi connectivity index (χ4n) is 1.14. The normalized spacial score (nSPS) is 9.96.